The Morgan fingerprint density at radius 1 is 1.60 bits per heavy atom. The molecule has 0 aliphatic carbocycles. The van der Waals surface area contributed by atoms with Crippen LogP contribution in [0.5, 0.6) is 0 Å². The molecule has 1 aromatic rings. The molecule has 1 heterocycles. The van der Waals surface area contributed by atoms with Crippen LogP contribution in [0.25, 0.3) is 0 Å². The highest BCUT2D eigenvalue weighted by molar-refractivity contribution is 9.10. The molecule has 1 N–H and O–H groups in total. The number of pyridine rings is 1. The average Bonchev–Trinajstić information content (AvgIpc) is 2.25. The molecule has 15 heavy (non-hydrogen) atoms. The van der Waals surface area contributed by atoms with Crippen LogP contribution in [0.2, 0.25) is 0 Å². The second-order valence-electron chi connectivity index (χ2n) is 2.95. The van der Waals surface area contributed by atoms with Crippen LogP contribution in [-0.2, 0) is 4.79 Å². The monoisotopic (exact) mass is 288 g/mol. The van der Waals surface area contributed by atoms with Crippen LogP contribution in [0.4, 0.5) is 0 Å². The molecule has 0 unspecified atom stereocenters. The van der Waals surface area contributed by atoms with Crippen LogP contribution in [-0.4, -0.2) is 23.2 Å². The molecule has 0 aromatic carbocycles. The van der Waals surface area contributed by atoms with Crippen molar-refractivity contribution in [3.05, 3.63) is 22.8 Å². The maximum atomic E-state index is 11.3. The molecular weight excluding hydrogens is 276 g/mol. The fraction of sp³-hybridized carbons (Fsp3) is 0.400. The fourth-order valence-corrected chi connectivity index (χ4v) is 1.81. The summed E-state index contributed by atoms with van der Waals surface area (Å²) in [7, 11) is 0. The Bertz CT molecular complexity index is 316. The molecular formula is C10H13BrN2OS. The molecule has 0 aliphatic heterocycles. The molecule has 1 aromatic heterocycles. The van der Waals surface area contributed by atoms with Crippen LogP contribution in [0.15, 0.2) is 27.8 Å². The molecule has 0 radical (unpaired) electrons. The first-order chi connectivity index (χ1) is 7.22. The Morgan fingerprint density at radius 2 is 2.40 bits per heavy atom. The summed E-state index contributed by atoms with van der Waals surface area (Å²) in [6, 6.07) is 3.81. The van der Waals surface area contributed by atoms with Crippen LogP contribution >= 0.6 is 27.7 Å². The van der Waals surface area contributed by atoms with Crippen molar-refractivity contribution in [1.82, 2.24) is 10.3 Å². The summed E-state index contributed by atoms with van der Waals surface area (Å²) in [5.41, 5.74) is 0. The van der Waals surface area contributed by atoms with E-state index in [1.807, 2.05) is 19.1 Å². The molecule has 0 bridgehead atoms. The number of nitrogens with one attached hydrogen (secondary N) is 1. The quantitative estimate of drug-likeness (QED) is 0.847. The van der Waals surface area contributed by atoms with E-state index in [-0.39, 0.29) is 5.91 Å². The number of carbonyl (C=O) groups is 1. The topological polar surface area (TPSA) is 42.0 Å². The van der Waals surface area contributed by atoms with Crippen molar-refractivity contribution in [2.24, 2.45) is 0 Å². The third-order valence-electron chi connectivity index (χ3n) is 1.62. The Hall–Kier alpha value is -0.550. The fourth-order valence-electron chi connectivity index (χ4n) is 0.903. The third-order valence-corrected chi connectivity index (χ3v) is 3.04. The van der Waals surface area contributed by atoms with Gasteiger partial charge in [-0.15, -0.1) is 0 Å². The molecule has 0 fully saturated rings. The van der Waals surface area contributed by atoms with Gasteiger partial charge in [-0.05, 0) is 34.5 Å². The zero-order valence-electron chi connectivity index (χ0n) is 8.50. The lowest BCUT2D eigenvalue weighted by atomic mass is 10.5. The number of amides is 1. The summed E-state index contributed by atoms with van der Waals surface area (Å²) in [5, 5.41) is 3.68. The second kappa shape index (κ2) is 6.85. The summed E-state index contributed by atoms with van der Waals surface area (Å²) in [6.07, 6.45) is 2.69. The largest absolute Gasteiger partial charge is 0.355 e. The second-order valence-corrected chi connectivity index (χ2v) is 4.86. The lowest BCUT2D eigenvalue weighted by molar-refractivity contribution is -0.118. The van der Waals surface area contributed by atoms with Gasteiger partial charge in [0.2, 0.25) is 5.91 Å². The third kappa shape index (κ3) is 5.18. The van der Waals surface area contributed by atoms with Crippen molar-refractivity contribution in [3.8, 4) is 0 Å². The van der Waals surface area contributed by atoms with Crippen molar-refractivity contribution in [3.63, 3.8) is 0 Å². The standard InChI is InChI=1S/C10H13BrN2OS/c1-2-5-12-9(14)7-15-10-4-3-8(11)6-13-10/h3-4,6H,2,5,7H2,1H3,(H,12,14). The summed E-state index contributed by atoms with van der Waals surface area (Å²) < 4.78 is 0.947. The Kier molecular flexibility index (Phi) is 5.71. The van der Waals surface area contributed by atoms with Gasteiger partial charge in [-0.1, -0.05) is 18.7 Å². The van der Waals surface area contributed by atoms with Gasteiger partial charge in [0.1, 0.15) is 0 Å². The van der Waals surface area contributed by atoms with Gasteiger partial charge in [-0.3, -0.25) is 4.79 Å². The Labute approximate surface area is 102 Å². The van der Waals surface area contributed by atoms with Gasteiger partial charge in [0.25, 0.3) is 0 Å². The molecule has 82 valence electrons. The summed E-state index contributed by atoms with van der Waals surface area (Å²) in [6.45, 7) is 2.77. The lowest BCUT2D eigenvalue weighted by Crippen LogP contribution is -2.25. The van der Waals surface area contributed by atoms with Gasteiger partial charge in [0, 0.05) is 17.2 Å². The van der Waals surface area contributed by atoms with Gasteiger partial charge in [0.05, 0.1) is 10.8 Å². The smallest absolute Gasteiger partial charge is 0.230 e. The SMILES string of the molecule is CCCNC(=O)CSc1ccc(Br)cn1. The summed E-state index contributed by atoms with van der Waals surface area (Å²) >= 11 is 4.75. The van der Waals surface area contributed by atoms with E-state index in [1.54, 1.807) is 6.20 Å². The van der Waals surface area contributed by atoms with E-state index in [9.17, 15) is 4.79 Å². The number of rotatable bonds is 5. The van der Waals surface area contributed by atoms with Gasteiger partial charge in [-0.2, -0.15) is 0 Å². The van der Waals surface area contributed by atoms with Crippen LogP contribution < -0.4 is 5.32 Å². The molecule has 0 aliphatic rings. The van der Waals surface area contributed by atoms with E-state index in [0.29, 0.717) is 5.75 Å². The molecule has 0 spiro atoms. The first kappa shape index (κ1) is 12.5. The molecule has 1 amide bonds. The van der Waals surface area contributed by atoms with Crippen LogP contribution in [0, 0.1) is 0 Å². The van der Waals surface area contributed by atoms with Crippen molar-refractivity contribution in [2.45, 2.75) is 18.4 Å². The minimum Gasteiger partial charge on any atom is -0.355 e. The number of carbonyl (C=O) groups excluding carboxylic acids is 1. The highest BCUT2D eigenvalue weighted by Crippen LogP contribution is 2.16. The number of hydrogen-bond acceptors (Lipinski definition) is 3. The average molecular weight is 289 g/mol. The molecule has 1 rings (SSSR count). The predicted molar refractivity (Wildman–Crippen MR) is 66.0 cm³/mol. The van der Waals surface area contributed by atoms with E-state index in [2.05, 4.69) is 26.2 Å². The van der Waals surface area contributed by atoms with Gasteiger partial charge < -0.3 is 5.32 Å². The molecule has 5 heteroatoms. The van der Waals surface area contributed by atoms with Gasteiger partial charge in [-0.25, -0.2) is 4.98 Å². The predicted octanol–water partition coefficient (Wildman–Crippen LogP) is 2.46. The first-order valence-electron chi connectivity index (χ1n) is 4.73. The van der Waals surface area contributed by atoms with Crippen molar-refractivity contribution < 1.29 is 4.79 Å². The summed E-state index contributed by atoms with van der Waals surface area (Å²) in [5.74, 6) is 0.487. The lowest BCUT2D eigenvalue weighted by Gasteiger charge is -2.02. The zero-order chi connectivity index (χ0) is 11.1. The van der Waals surface area contributed by atoms with Crippen molar-refractivity contribution >= 4 is 33.6 Å². The molecule has 0 saturated carbocycles. The Balaban J connectivity index is 2.30. The van der Waals surface area contributed by atoms with Crippen molar-refractivity contribution in [2.75, 3.05) is 12.3 Å². The minimum atomic E-state index is 0.0616. The van der Waals surface area contributed by atoms with E-state index in [1.165, 1.54) is 11.8 Å². The maximum Gasteiger partial charge on any atom is 0.230 e. The number of aromatic nitrogens is 1. The maximum absolute atomic E-state index is 11.3. The number of halogens is 1. The Morgan fingerprint density at radius 3 is 3.00 bits per heavy atom. The highest BCUT2D eigenvalue weighted by Gasteiger charge is 2.02. The van der Waals surface area contributed by atoms with E-state index >= 15 is 0 Å². The molecule has 3 nitrogen and oxygen atoms in total. The number of nitrogens with zero attached hydrogens (tertiary/aromatic N) is 1. The van der Waals surface area contributed by atoms with Crippen LogP contribution in [0.3, 0.4) is 0 Å². The minimum absolute atomic E-state index is 0.0616. The van der Waals surface area contributed by atoms with Gasteiger partial charge in [0.15, 0.2) is 0 Å². The first-order valence-corrected chi connectivity index (χ1v) is 6.51. The van der Waals surface area contributed by atoms with E-state index < -0.39 is 0 Å². The number of thioether (sulfide) groups is 1. The normalized spacial score (nSPS) is 10.0. The van der Waals surface area contributed by atoms with E-state index in [4.69, 9.17) is 0 Å². The molecule has 0 atom stereocenters. The number of hydrogen-bond donors (Lipinski definition) is 1. The van der Waals surface area contributed by atoms with E-state index in [0.717, 1.165) is 22.5 Å². The molecule has 0 saturated heterocycles. The van der Waals surface area contributed by atoms with Crippen molar-refractivity contribution in [1.29, 1.82) is 0 Å². The zero-order valence-corrected chi connectivity index (χ0v) is 10.9. The van der Waals surface area contributed by atoms with Crippen LogP contribution in [0.1, 0.15) is 13.3 Å². The summed E-state index contributed by atoms with van der Waals surface area (Å²) in [4.78, 5) is 15.4. The highest BCUT2D eigenvalue weighted by atomic mass is 79.9. The van der Waals surface area contributed by atoms with Gasteiger partial charge >= 0.3 is 0 Å².